The summed E-state index contributed by atoms with van der Waals surface area (Å²) in [5, 5.41) is 17.2. The van der Waals surface area contributed by atoms with Crippen LogP contribution in [0.25, 0.3) is 32.5 Å². The third-order valence-electron chi connectivity index (χ3n) is 4.28. The van der Waals surface area contributed by atoms with E-state index in [0.717, 1.165) is 13.0 Å². The van der Waals surface area contributed by atoms with Crippen molar-refractivity contribution in [1.82, 2.24) is 0 Å². The molecule has 0 fully saturated rings. The summed E-state index contributed by atoms with van der Waals surface area (Å²) in [7, 11) is 7.00. The number of aliphatic hydroxyl groups is 1. The second-order valence-electron chi connectivity index (χ2n) is 8.01. The van der Waals surface area contributed by atoms with Crippen molar-refractivity contribution in [3.05, 3.63) is 83.0 Å². The van der Waals surface area contributed by atoms with E-state index in [1.54, 1.807) is 35.1 Å². The number of nitrogens with zero attached hydrogens (tertiary/aromatic N) is 2. The molecule has 0 unspecified atom stereocenters. The average Bonchev–Trinajstić information content (AvgIpc) is 3.13. The van der Waals surface area contributed by atoms with Crippen LogP contribution in [-0.2, 0) is 33.6 Å². The average molecular weight is 456 g/mol. The van der Waals surface area contributed by atoms with Gasteiger partial charge in [-0.3, -0.25) is 0 Å². The molecule has 0 bridgehead atoms. The van der Waals surface area contributed by atoms with E-state index in [-0.39, 0.29) is 27.1 Å². The van der Waals surface area contributed by atoms with Crippen molar-refractivity contribution in [2.75, 3.05) is 28.2 Å². The molecule has 3 rings (SSSR count). The van der Waals surface area contributed by atoms with Crippen molar-refractivity contribution in [2.24, 2.45) is 0 Å². The topological polar surface area (TPSA) is 48.4 Å². The molecule has 0 heterocycles. The van der Waals surface area contributed by atoms with Gasteiger partial charge in [0.05, 0.1) is 0 Å². The first-order chi connectivity index (χ1) is 14.2. The molecule has 168 valence electrons. The molecule has 0 aliphatic heterocycles. The van der Waals surface area contributed by atoms with Crippen LogP contribution < -0.4 is 0 Å². The molecule has 0 saturated carbocycles. The molecule has 3 nitrogen and oxygen atoms in total. The third-order valence-corrected chi connectivity index (χ3v) is 4.28. The Hall–Kier alpha value is -1.36. The molecule has 3 aromatic rings. The van der Waals surface area contributed by atoms with Gasteiger partial charge < -0.3 is 15.7 Å². The maximum atomic E-state index is 7.44. The monoisotopic (exact) mass is 456 g/mol. The smallest absolute Gasteiger partial charge is 0.668 e. The maximum absolute atomic E-state index is 7.44. The quantitative estimate of drug-likeness (QED) is 0.310. The molecule has 0 saturated heterocycles. The van der Waals surface area contributed by atoms with Crippen molar-refractivity contribution in [3.63, 3.8) is 0 Å². The summed E-state index contributed by atoms with van der Waals surface area (Å²) in [6.45, 7) is 11.5. The molecule has 31 heavy (non-hydrogen) atoms. The van der Waals surface area contributed by atoms with Gasteiger partial charge in [-0.25, -0.2) is 6.61 Å². The van der Waals surface area contributed by atoms with Gasteiger partial charge in [0, 0.05) is 0 Å². The van der Waals surface area contributed by atoms with Crippen LogP contribution in [0.1, 0.15) is 45.7 Å². The molecule has 1 N–H and O–H groups in total. The first-order valence-electron chi connectivity index (χ1n) is 10.4. The fourth-order valence-electron chi connectivity index (χ4n) is 2.90. The van der Waals surface area contributed by atoms with Crippen LogP contribution in [0.3, 0.4) is 0 Å². The van der Waals surface area contributed by atoms with E-state index in [2.05, 4.69) is 92.9 Å². The van der Waals surface area contributed by atoms with Crippen molar-refractivity contribution < 1.29 is 26.8 Å². The van der Waals surface area contributed by atoms with Gasteiger partial charge in [-0.05, 0) is 23.0 Å². The summed E-state index contributed by atoms with van der Waals surface area (Å²) in [6, 6.07) is 20.3. The minimum Gasteiger partial charge on any atom is -0.668 e. The van der Waals surface area contributed by atoms with E-state index in [0.29, 0.717) is 0 Å². The van der Waals surface area contributed by atoms with Gasteiger partial charge in [-0.15, -0.1) is 34.5 Å². The summed E-state index contributed by atoms with van der Waals surface area (Å²) >= 11 is 0. The molecule has 0 atom stereocenters. The third kappa shape index (κ3) is 11.2. The second kappa shape index (κ2) is 17.2. The van der Waals surface area contributed by atoms with Gasteiger partial charge in [0.1, 0.15) is 0 Å². The Balaban J connectivity index is 0. The van der Waals surface area contributed by atoms with Crippen molar-refractivity contribution >= 4 is 10.8 Å². The van der Waals surface area contributed by atoms with Crippen molar-refractivity contribution in [2.45, 2.75) is 46.5 Å². The first kappa shape index (κ1) is 31.8. The van der Waals surface area contributed by atoms with Gasteiger partial charge in [0.25, 0.3) is 0 Å². The van der Waals surface area contributed by atoms with E-state index < -0.39 is 0 Å². The minimum atomic E-state index is 0. The van der Waals surface area contributed by atoms with Gasteiger partial charge in [-0.1, -0.05) is 63.6 Å². The Morgan fingerprint density at radius 3 is 1.84 bits per heavy atom. The van der Waals surface area contributed by atoms with Gasteiger partial charge in [0.15, 0.2) is 0 Å². The number of aliphatic hydroxyl groups excluding tert-OH is 1. The van der Waals surface area contributed by atoms with Crippen LogP contribution in [0.15, 0.2) is 54.6 Å². The van der Waals surface area contributed by atoms with E-state index in [4.69, 9.17) is 5.11 Å². The number of aryl methyl sites for hydroxylation is 1. The van der Waals surface area contributed by atoms with Crippen LogP contribution in [0.2, 0.25) is 0 Å². The molecule has 4 heteroatoms. The Morgan fingerprint density at radius 2 is 1.42 bits per heavy atom. The zero-order valence-corrected chi connectivity index (χ0v) is 22.4. The normalized spacial score (nSPS) is 9.87. The largest absolute Gasteiger partial charge is 4.00 e. The van der Waals surface area contributed by atoms with Crippen LogP contribution >= 0.6 is 0 Å². The Labute approximate surface area is 205 Å². The van der Waals surface area contributed by atoms with Crippen molar-refractivity contribution in [3.8, 4) is 11.1 Å². The van der Waals surface area contributed by atoms with Crippen LogP contribution in [-0.4, -0.2) is 33.3 Å². The van der Waals surface area contributed by atoms with Crippen molar-refractivity contribution in [1.29, 1.82) is 0 Å². The molecule has 0 aromatic heterocycles. The summed E-state index contributed by atoms with van der Waals surface area (Å²) < 4.78 is 0. The summed E-state index contributed by atoms with van der Waals surface area (Å²) in [4.78, 5) is 0. The Bertz CT molecular complexity index is 813. The fraction of sp³-hybridized carbons (Fsp3) is 0.407. The molecular weight excluding hydrogens is 416 g/mol. The molecule has 0 spiro atoms. The molecule has 3 aromatic carbocycles. The first-order valence-corrected chi connectivity index (χ1v) is 10.4. The van der Waals surface area contributed by atoms with E-state index >= 15 is 0 Å². The van der Waals surface area contributed by atoms with Gasteiger partial charge in [0.2, 0.25) is 0 Å². The Kier molecular flexibility index (Phi) is 17.7. The zero-order valence-electron chi connectivity index (χ0n) is 20.8. The number of fused-ring (bicyclic) bond motifs is 1. The van der Waals surface area contributed by atoms with Gasteiger partial charge in [-0.2, -0.15) is 41.2 Å². The van der Waals surface area contributed by atoms with E-state index in [1.807, 2.05) is 0 Å². The maximum Gasteiger partial charge on any atom is 4.00 e. The van der Waals surface area contributed by atoms with Gasteiger partial charge >= 0.3 is 21.7 Å². The van der Waals surface area contributed by atoms with E-state index in [1.165, 1.54) is 33.0 Å². The molecule has 0 aliphatic rings. The zero-order chi connectivity index (χ0) is 23.2. The summed E-state index contributed by atoms with van der Waals surface area (Å²) in [6.07, 6.45) is 1.09. The number of rotatable bonds is 2. The van der Waals surface area contributed by atoms with Crippen LogP contribution in [0, 0.1) is 6.61 Å². The fourth-order valence-corrected chi connectivity index (χ4v) is 2.90. The molecule has 0 radical (unpaired) electrons. The summed E-state index contributed by atoms with van der Waals surface area (Å²) in [5.41, 5.74) is 5.66. The number of hydrogen-bond donors (Lipinski definition) is 1. The van der Waals surface area contributed by atoms with Crippen LogP contribution in [0.5, 0.6) is 0 Å². The molecule has 0 aliphatic carbocycles. The Morgan fingerprint density at radius 1 is 0.935 bits per heavy atom. The number of hydrogen-bond acceptors (Lipinski definition) is 1. The summed E-state index contributed by atoms with van der Waals surface area (Å²) in [5.74, 6) is 0. The van der Waals surface area contributed by atoms with Crippen LogP contribution in [0.4, 0.5) is 0 Å². The van der Waals surface area contributed by atoms with E-state index in [9.17, 15) is 0 Å². The SMILES string of the molecule is CCc1cc2c(-c3ccc(C(C)(C)C)cc3)cccc2[cH-]1.C[CH-]O.C[N-]C.C[N-]C.[Ti+4]. The minimum absolute atomic E-state index is 0. The molecular formula is C27H40N2OTi. The molecule has 0 amide bonds. The second-order valence-corrected chi connectivity index (χ2v) is 8.01. The number of benzene rings is 2. The predicted octanol–water partition coefficient (Wildman–Crippen LogP) is 7.86. The predicted molar refractivity (Wildman–Crippen MR) is 135 cm³/mol. The standard InChI is InChI=1S/C21H23.2C2H6N.C2H5O.Ti/c1-5-15-13-17-7-6-8-19(20(17)14-15)16-9-11-18(12-10-16)21(2,3)4;2*1-3-2;1-2-3;/h6-14H,5H2,1-4H3;2*1-2H3;2-3H,1H3;/q4*-1;+4.